The molecule has 3 rings (SSSR count). The van der Waals surface area contributed by atoms with Gasteiger partial charge in [0.05, 0.1) is 7.11 Å². The van der Waals surface area contributed by atoms with Crippen LogP contribution in [0, 0.1) is 0 Å². The normalized spacial score (nSPS) is 10.5. The molecule has 0 radical (unpaired) electrons. The fraction of sp³-hybridized carbons (Fsp3) is 0.118. The van der Waals surface area contributed by atoms with Crippen molar-refractivity contribution in [1.82, 2.24) is 0 Å². The highest BCUT2D eigenvalue weighted by atomic mass is 16.5. The van der Waals surface area contributed by atoms with Gasteiger partial charge in [0.1, 0.15) is 6.61 Å². The van der Waals surface area contributed by atoms with Gasteiger partial charge in [-0.3, -0.25) is 0 Å². The van der Waals surface area contributed by atoms with E-state index in [0.717, 1.165) is 10.9 Å². The van der Waals surface area contributed by atoms with Crippen LogP contribution in [0.2, 0.25) is 0 Å². The van der Waals surface area contributed by atoms with Crippen molar-refractivity contribution < 1.29 is 13.9 Å². The van der Waals surface area contributed by atoms with Gasteiger partial charge < -0.3 is 13.9 Å². The summed E-state index contributed by atoms with van der Waals surface area (Å²) in [4.78, 5) is 12.0. The Morgan fingerprint density at radius 3 is 2.57 bits per heavy atom. The number of benzene rings is 2. The number of fused-ring (bicyclic) bond motifs is 1. The first-order valence-corrected chi connectivity index (χ1v) is 6.55. The highest BCUT2D eigenvalue weighted by Gasteiger charge is 2.10. The number of methoxy groups -OCH3 is 1. The Kier molecular flexibility index (Phi) is 3.60. The minimum absolute atomic E-state index is 0.194. The van der Waals surface area contributed by atoms with Crippen LogP contribution in [-0.2, 0) is 6.61 Å². The van der Waals surface area contributed by atoms with Gasteiger partial charge in [0.15, 0.2) is 11.3 Å². The second-order valence-corrected chi connectivity index (χ2v) is 4.55. The second kappa shape index (κ2) is 5.71. The van der Waals surface area contributed by atoms with Crippen molar-refractivity contribution in [3.63, 3.8) is 0 Å². The molecule has 0 atom stereocenters. The highest BCUT2D eigenvalue weighted by Crippen LogP contribution is 2.26. The zero-order valence-corrected chi connectivity index (χ0v) is 11.5. The fourth-order valence-corrected chi connectivity index (χ4v) is 2.10. The Morgan fingerprint density at radius 2 is 1.81 bits per heavy atom. The summed E-state index contributed by atoms with van der Waals surface area (Å²) >= 11 is 0. The zero-order chi connectivity index (χ0) is 14.7. The van der Waals surface area contributed by atoms with E-state index in [-0.39, 0.29) is 5.75 Å². The lowest BCUT2D eigenvalue weighted by atomic mass is 10.2. The monoisotopic (exact) mass is 282 g/mol. The number of para-hydroxylation sites is 1. The quantitative estimate of drug-likeness (QED) is 0.688. The van der Waals surface area contributed by atoms with Crippen molar-refractivity contribution in [3.8, 4) is 11.5 Å². The summed E-state index contributed by atoms with van der Waals surface area (Å²) in [7, 11) is 1.54. The largest absolute Gasteiger partial charge is 0.493 e. The van der Waals surface area contributed by atoms with Crippen molar-refractivity contribution >= 4 is 11.0 Å². The standard InChI is InChI=1S/C17H14O4/c1-19-14-9-5-8-13-10-15(17(18)21-16(13)14)20-11-12-6-3-2-4-7-12/h2-10H,11H2,1H3. The van der Waals surface area contributed by atoms with E-state index in [1.165, 1.54) is 7.11 Å². The molecule has 2 aromatic carbocycles. The molecule has 0 saturated heterocycles. The van der Waals surface area contributed by atoms with E-state index >= 15 is 0 Å². The maximum absolute atomic E-state index is 12.0. The summed E-state index contributed by atoms with van der Waals surface area (Å²) in [6, 6.07) is 16.7. The molecule has 0 unspecified atom stereocenters. The van der Waals surface area contributed by atoms with Gasteiger partial charge in [0, 0.05) is 5.39 Å². The van der Waals surface area contributed by atoms with Crippen LogP contribution in [0.1, 0.15) is 5.56 Å². The summed E-state index contributed by atoms with van der Waals surface area (Å²) in [5, 5.41) is 0.761. The van der Waals surface area contributed by atoms with Crippen LogP contribution < -0.4 is 15.1 Å². The van der Waals surface area contributed by atoms with Gasteiger partial charge in [-0.15, -0.1) is 0 Å². The smallest absolute Gasteiger partial charge is 0.379 e. The van der Waals surface area contributed by atoms with Gasteiger partial charge >= 0.3 is 5.63 Å². The molecule has 106 valence electrons. The number of ether oxygens (including phenoxy) is 2. The van der Waals surface area contributed by atoms with E-state index in [9.17, 15) is 4.79 Å². The Balaban J connectivity index is 1.93. The van der Waals surface area contributed by atoms with Gasteiger partial charge in [0.25, 0.3) is 0 Å². The van der Waals surface area contributed by atoms with Gasteiger partial charge in [-0.2, -0.15) is 0 Å². The van der Waals surface area contributed by atoms with Crippen LogP contribution in [0.3, 0.4) is 0 Å². The molecule has 0 bridgehead atoms. The molecule has 0 amide bonds. The topological polar surface area (TPSA) is 48.7 Å². The van der Waals surface area contributed by atoms with Crippen LogP contribution in [0.4, 0.5) is 0 Å². The minimum Gasteiger partial charge on any atom is -0.493 e. The Labute approximate surface area is 121 Å². The first kappa shape index (κ1) is 13.2. The molecule has 0 fully saturated rings. The summed E-state index contributed by atoms with van der Waals surface area (Å²) in [5.41, 5.74) is 0.905. The summed E-state index contributed by atoms with van der Waals surface area (Å²) in [6.07, 6.45) is 0. The van der Waals surface area contributed by atoms with Crippen LogP contribution in [0.25, 0.3) is 11.0 Å². The van der Waals surface area contributed by atoms with Crippen molar-refractivity contribution in [2.45, 2.75) is 6.61 Å². The third-order valence-electron chi connectivity index (χ3n) is 3.15. The highest BCUT2D eigenvalue weighted by molar-refractivity contribution is 5.83. The summed E-state index contributed by atoms with van der Waals surface area (Å²) < 4.78 is 16.0. The maximum atomic E-state index is 12.0. The molecular weight excluding hydrogens is 268 g/mol. The molecule has 4 nitrogen and oxygen atoms in total. The molecule has 1 heterocycles. The van der Waals surface area contributed by atoms with E-state index in [0.29, 0.717) is 17.9 Å². The van der Waals surface area contributed by atoms with E-state index in [4.69, 9.17) is 13.9 Å². The van der Waals surface area contributed by atoms with E-state index < -0.39 is 5.63 Å². The number of hydrogen-bond acceptors (Lipinski definition) is 4. The van der Waals surface area contributed by atoms with E-state index in [2.05, 4.69) is 0 Å². The van der Waals surface area contributed by atoms with Crippen LogP contribution in [0.15, 0.2) is 63.8 Å². The molecule has 0 aliphatic heterocycles. The molecule has 0 aliphatic carbocycles. The van der Waals surface area contributed by atoms with Crippen molar-refractivity contribution in [1.29, 1.82) is 0 Å². The van der Waals surface area contributed by atoms with Gasteiger partial charge in [-0.05, 0) is 17.7 Å². The molecule has 0 spiro atoms. The second-order valence-electron chi connectivity index (χ2n) is 4.55. The molecule has 0 N–H and O–H groups in total. The van der Waals surface area contributed by atoms with Crippen molar-refractivity contribution in [3.05, 3.63) is 70.6 Å². The first-order valence-electron chi connectivity index (χ1n) is 6.55. The molecule has 4 heteroatoms. The molecule has 0 saturated carbocycles. The molecule has 3 aromatic rings. The zero-order valence-electron chi connectivity index (χ0n) is 11.5. The summed E-state index contributed by atoms with van der Waals surface area (Å²) in [5.74, 6) is 0.721. The van der Waals surface area contributed by atoms with Crippen LogP contribution in [-0.4, -0.2) is 7.11 Å². The fourth-order valence-electron chi connectivity index (χ4n) is 2.10. The molecule has 0 aliphatic rings. The maximum Gasteiger partial charge on any atom is 0.379 e. The average molecular weight is 282 g/mol. The number of hydrogen-bond donors (Lipinski definition) is 0. The van der Waals surface area contributed by atoms with E-state index in [1.807, 2.05) is 42.5 Å². The Morgan fingerprint density at radius 1 is 1.00 bits per heavy atom. The van der Waals surface area contributed by atoms with E-state index in [1.54, 1.807) is 12.1 Å². The predicted octanol–water partition coefficient (Wildman–Crippen LogP) is 3.38. The SMILES string of the molecule is COc1cccc2cc(OCc3ccccc3)c(=O)oc12. The lowest BCUT2D eigenvalue weighted by molar-refractivity contribution is 0.290. The molecule has 21 heavy (non-hydrogen) atoms. The lowest BCUT2D eigenvalue weighted by Gasteiger charge is -2.07. The lowest BCUT2D eigenvalue weighted by Crippen LogP contribution is -2.07. The Hall–Kier alpha value is -2.75. The first-order chi connectivity index (χ1) is 10.3. The van der Waals surface area contributed by atoms with Crippen molar-refractivity contribution in [2.75, 3.05) is 7.11 Å². The van der Waals surface area contributed by atoms with Crippen LogP contribution in [0.5, 0.6) is 11.5 Å². The summed E-state index contributed by atoms with van der Waals surface area (Å²) in [6.45, 7) is 0.321. The van der Waals surface area contributed by atoms with Crippen LogP contribution >= 0.6 is 0 Å². The number of rotatable bonds is 4. The molecule has 1 aromatic heterocycles. The average Bonchev–Trinajstić information content (AvgIpc) is 2.53. The Bertz CT molecular complexity index is 806. The minimum atomic E-state index is -0.511. The predicted molar refractivity (Wildman–Crippen MR) is 79.8 cm³/mol. The van der Waals surface area contributed by atoms with Gasteiger partial charge in [0.2, 0.25) is 5.75 Å². The van der Waals surface area contributed by atoms with Crippen molar-refractivity contribution in [2.24, 2.45) is 0 Å². The molecular formula is C17H14O4. The third-order valence-corrected chi connectivity index (χ3v) is 3.15. The van der Waals surface area contributed by atoms with Gasteiger partial charge in [-0.25, -0.2) is 4.79 Å². The third kappa shape index (κ3) is 2.74. The van der Waals surface area contributed by atoms with Gasteiger partial charge in [-0.1, -0.05) is 42.5 Å².